The summed E-state index contributed by atoms with van der Waals surface area (Å²) in [6.07, 6.45) is 4.98. The Morgan fingerprint density at radius 2 is 1.87 bits per heavy atom. The fourth-order valence-electron chi connectivity index (χ4n) is 4.26. The zero-order valence-electron chi connectivity index (χ0n) is 22.5. The Morgan fingerprint density at radius 1 is 1.13 bits per heavy atom. The molecule has 0 saturated heterocycles. The number of hydrogen-bond acceptors (Lipinski definition) is 6. The summed E-state index contributed by atoms with van der Waals surface area (Å²) in [6.45, 7) is 8.79. The summed E-state index contributed by atoms with van der Waals surface area (Å²) in [5.74, 6) is 0.435. The summed E-state index contributed by atoms with van der Waals surface area (Å²) >= 11 is 13.5. The average molecular weight is 588 g/mol. The van der Waals surface area contributed by atoms with Crippen LogP contribution in [0.5, 0.6) is 5.75 Å². The minimum absolute atomic E-state index is 0.171. The summed E-state index contributed by atoms with van der Waals surface area (Å²) in [4.78, 5) is 32.3. The van der Waals surface area contributed by atoms with E-state index in [1.165, 1.54) is 11.3 Å². The van der Waals surface area contributed by atoms with Gasteiger partial charge in [0.25, 0.3) is 5.56 Å². The average Bonchev–Trinajstić information content (AvgIpc) is 3.21. The number of ether oxygens (including phenoxy) is 2. The van der Waals surface area contributed by atoms with Gasteiger partial charge >= 0.3 is 5.97 Å². The lowest BCUT2D eigenvalue weighted by atomic mass is 9.96. The molecule has 1 aromatic heterocycles. The molecule has 1 aliphatic heterocycles. The first-order chi connectivity index (χ1) is 18.7. The minimum atomic E-state index is -0.689. The van der Waals surface area contributed by atoms with Crippen LogP contribution in [0.1, 0.15) is 64.1 Å². The molecule has 4 rings (SSSR count). The Balaban J connectivity index is 1.79. The number of aromatic nitrogens is 1. The third kappa shape index (κ3) is 6.83. The Hall–Kier alpha value is -2.87. The zero-order chi connectivity index (χ0) is 28.1. The molecule has 0 saturated carbocycles. The van der Waals surface area contributed by atoms with E-state index in [1.54, 1.807) is 35.8 Å². The van der Waals surface area contributed by atoms with E-state index in [4.69, 9.17) is 32.7 Å². The van der Waals surface area contributed by atoms with Gasteiger partial charge in [-0.05, 0) is 60.7 Å². The molecule has 0 N–H and O–H groups in total. The normalized spacial score (nSPS) is 15.4. The van der Waals surface area contributed by atoms with Crippen LogP contribution in [0.25, 0.3) is 6.08 Å². The van der Waals surface area contributed by atoms with Gasteiger partial charge < -0.3 is 9.47 Å². The van der Waals surface area contributed by atoms with E-state index in [9.17, 15) is 9.59 Å². The Morgan fingerprint density at radius 3 is 2.54 bits per heavy atom. The Kier molecular flexibility index (Phi) is 9.70. The number of hydrogen-bond donors (Lipinski definition) is 0. The van der Waals surface area contributed by atoms with Crippen molar-refractivity contribution in [2.75, 3.05) is 13.2 Å². The molecular formula is C30H32Cl2N2O4S. The predicted octanol–water partition coefficient (Wildman–Crippen LogP) is 6.31. The molecule has 39 heavy (non-hydrogen) atoms. The molecule has 0 spiro atoms. The molecular weight excluding hydrogens is 555 g/mol. The maximum absolute atomic E-state index is 13.8. The highest BCUT2D eigenvalue weighted by molar-refractivity contribution is 7.07. The van der Waals surface area contributed by atoms with Crippen LogP contribution in [0.15, 0.2) is 63.5 Å². The Bertz CT molecular complexity index is 1550. The summed E-state index contributed by atoms with van der Waals surface area (Å²) in [7, 11) is 0. The summed E-state index contributed by atoms with van der Waals surface area (Å²) < 4.78 is 13.5. The highest BCUT2D eigenvalue weighted by Crippen LogP contribution is 2.32. The molecule has 2 heterocycles. The number of carbonyl (C=O) groups excluding carboxylic acids is 1. The highest BCUT2D eigenvalue weighted by Gasteiger charge is 2.33. The number of thiazole rings is 1. The first-order valence-electron chi connectivity index (χ1n) is 13.1. The van der Waals surface area contributed by atoms with Gasteiger partial charge in [-0.1, -0.05) is 86.4 Å². The quantitative estimate of drug-likeness (QED) is 0.206. The van der Waals surface area contributed by atoms with E-state index >= 15 is 0 Å². The molecule has 0 fully saturated rings. The lowest BCUT2D eigenvalue weighted by Gasteiger charge is -2.25. The summed E-state index contributed by atoms with van der Waals surface area (Å²) in [6, 6.07) is 12.0. The van der Waals surface area contributed by atoms with Gasteiger partial charge in [0.15, 0.2) is 4.80 Å². The molecule has 0 aliphatic carbocycles. The van der Waals surface area contributed by atoms with Gasteiger partial charge in [-0.15, -0.1) is 0 Å². The van der Waals surface area contributed by atoms with Crippen molar-refractivity contribution in [1.82, 2.24) is 4.57 Å². The van der Waals surface area contributed by atoms with Crippen LogP contribution in [-0.4, -0.2) is 23.8 Å². The van der Waals surface area contributed by atoms with Crippen molar-refractivity contribution >= 4 is 46.6 Å². The number of rotatable bonds is 10. The molecule has 0 radical (unpaired) electrons. The third-order valence-electron chi connectivity index (χ3n) is 6.24. The molecule has 1 aliphatic rings. The predicted molar refractivity (Wildman–Crippen MR) is 157 cm³/mol. The van der Waals surface area contributed by atoms with Crippen LogP contribution in [-0.2, 0) is 9.53 Å². The van der Waals surface area contributed by atoms with Crippen molar-refractivity contribution in [3.8, 4) is 5.75 Å². The van der Waals surface area contributed by atoms with Crippen molar-refractivity contribution in [1.29, 1.82) is 0 Å². The van der Waals surface area contributed by atoms with Crippen molar-refractivity contribution in [3.63, 3.8) is 0 Å². The van der Waals surface area contributed by atoms with E-state index < -0.39 is 12.0 Å². The Labute approximate surface area is 242 Å². The van der Waals surface area contributed by atoms with Gasteiger partial charge in [-0.2, -0.15) is 0 Å². The van der Waals surface area contributed by atoms with E-state index in [0.29, 0.717) is 37.3 Å². The molecule has 2 aromatic carbocycles. The molecule has 0 bridgehead atoms. The molecule has 9 heteroatoms. The second kappa shape index (κ2) is 13.0. The van der Waals surface area contributed by atoms with Crippen LogP contribution in [0.3, 0.4) is 0 Å². The van der Waals surface area contributed by atoms with E-state index in [1.807, 2.05) is 38.1 Å². The van der Waals surface area contributed by atoms with Crippen LogP contribution in [0.2, 0.25) is 10.0 Å². The van der Waals surface area contributed by atoms with Gasteiger partial charge in [0.05, 0.1) is 45.1 Å². The van der Waals surface area contributed by atoms with Gasteiger partial charge in [0.2, 0.25) is 0 Å². The fourth-order valence-corrected chi connectivity index (χ4v) is 5.61. The first kappa shape index (κ1) is 29.1. The number of allylic oxidation sites excluding steroid dienone is 1. The van der Waals surface area contributed by atoms with E-state index in [2.05, 4.69) is 11.9 Å². The highest BCUT2D eigenvalue weighted by atomic mass is 35.5. The van der Waals surface area contributed by atoms with Gasteiger partial charge in [0.1, 0.15) is 5.75 Å². The SMILES string of the molecule is CCCCCOc1ccc(C2C(C(=O)OCC(C)C)=C(C)N=c3s/c(=C\c4ccc(Cl)c(Cl)c4)c(=O)n32)cc1. The molecule has 0 amide bonds. The fraction of sp³-hybridized carbons (Fsp3) is 0.367. The molecule has 1 atom stereocenters. The van der Waals surface area contributed by atoms with E-state index in [-0.39, 0.29) is 18.1 Å². The monoisotopic (exact) mass is 586 g/mol. The van der Waals surface area contributed by atoms with Crippen molar-refractivity contribution in [2.45, 2.75) is 53.0 Å². The maximum atomic E-state index is 13.8. The smallest absolute Gasteiger partial charge is 0.338 e. The van der Waals surface area contributed by atoms with Crippen LogP contribution >= 0.6 is 34.5 Å². The molecule has 3 aromatic rings. The van der Waals surface area contributed by atoms with Crippen LogP contribution < -0.4 is 19.6 Å². The third-order valence-corrected chi connectivity index (χ3v) is 7.97. The van der Waals surface area contributed by atoms with Crippen molar-refractivity contribution in [2.24, 2.45) is 10.9 Å². The second-order valence-corrected chi connectivity index (χ2v) is 11.7. The van der Waals surface area contributed by atoms with Gasteiger partial charge in [-0.25, -0.2) is 9.79 Å². The van der Waals surface area contributed by atoms with Gasteiger partial charge in [-0.3, -0.25) is 9.36 Å². The molecule has 6 nitrogen and oxygen atoms in total. The largest absolute Gasteiger partial charge is 0.494 e. The molecule has 206 valence electrons. The number of esters is 1. The first-order valence-corrected chi connectivity index (χ1v) is 14.6. The lowest BCUT2D eigenvalue weighted by molar-refractivity contribution is -0.140. The van der Waals surface area contributed by atoms with Crippen molar-refractivity contribution in [3.05, 3.63) is 94.6 Å². The van der Waals surface area contributed by atoms with Crippen LogP contribution in [0.4, 0.5) is 0 Å². The number of fused-ring (bicyclic) bond motifs is 1. The summed E-state index contributed by atoms with van der Waals surface area (Å²) in [5.41, 5.74) is 2.13. The number of benzene rings is 2. The van der Waals surface area contributed by atoms with Gasteiger partial charge in [0, 0.05) is 0 Å². The topological polar surface area (TPSA) is 69.9 Å². The standard InChI is InChI=1S/C30H32Cl2N2O4S/c1-5-6-7-14-37-22-11-9-21(10-12-22)27-26(29(36)38-17-18(2)3)19(4)33-30-34(27)28(35)25(39-30)16-20-8-13-23(31)24(32)15-20/h8-13,15-16,18,27H,5-7,14,17H2,1-4H3/b25-16-. The number of carbonyl (C=O) groups is 1. The number of unbranched alkanes of at least 4 members (excludes halogenated alkanes) is 2. The summed E-state index contributed by atoms with van der Waals surface area (Å²) in [5, 5.41) is 0.840. The minimum Gasteiger partial charge on any atom is -0.494 e. The van der Waals surface area contributed by atoms with E-state index in [0.717, 1.165) is 36.1 Å². The maximum Gasteiger partial charge on any atom is 0.338 e. The molecule has 1 unspecified atom stereocenters. The zero-order valence-corrected chi connectivity index (χ0v) is 24.8. The number of halogens is 2. The lowest BCUT2D eigenvalue weighted by Crippen LogP contribution is -2.40. The number of nitrogens with zero attached hydrogens (tertiary/aromatic N) is 2. The second-order valence-electron chi connectivity index (χ2n) is 9.87. The van der Waals surface area contributed by atoms with Crippen molar-refractivity contribution < 1.29 is 14.3 Å². The van der Waals surface area contributed by atoms with Crippen LogP contribution in [0, 0.1) is 5.92 Å².